The third kappa shape index (κ3) is 2.18. The van der Waals surface area contributed by atoms with Crippen LogP contribution < -0.4 is 5.56 Å². The predicted molar refractivity (Wildman–Crippen MR) is 77.4 cm³/mol. The van der Waals surface area contributed by atoms with Crippen molar-refractivity contribution >= 4 is 44.5 Å². The molecule has 0 atom stereocenters. The van der Waals surface area contributed by atoms with E-state index in [2.05, 4.69) is 15.2 Å². The van der Waals surface area contributed by atoms with Crippen molar-refractivity contribution in [2.45, 2.75) is 20.4 Å². The second-order valence-electron chi connectivity index (χ2n) is 4.09. The standard InChI is InChI=1S/C11H9ClN4OS2/c1-5-6(2)18-9-8(5)10(17)16(4-13-9)3-7-14-15-11(12)19-7/h4H,3H2,1-2H3. The average molecular weight is 313 g/mol. The van der Waals surface area contributed by atoms with E-state index in [0.717, 1.165) is 15.3 Å². The van der Waals surface area contributed by atoms with Gasteiger partial charge in [0.1, 0.15) is 9.84 Å². The quantitative estimate of drug-likeness (QED) is 0.730. The summed E-state index contributed by atoms with van der Waals surface area (Å²) in [7, 11) is 0. The molecule has 0 aliphatic rings. The molecule has 3 rings (SSSR count). The van der Waals surface area contributed by atoms with Crippen LogP contribution in [0.25, 0.3) is 10.2 Å². The van der Waals surface area contributed by atoms with Crippen LogP contribution in [0.4, 0.5) is 0 Å². The molecule has 0 fully saturated rings. The van der Waals surface area contributed by atoms with Crippen LogP contribution in [0.3, 0.4) is 0 Å². The van der Waals surface area contributed by atoms with Crippen LogP contribution in [0.1, 0.15) is 15.4 Å². The highest BCUT2D eigenvalue weighted by molar-refractivity contribution is 7.18. The van der Waals surface area contributed by atoms with E-state index in [4.69, 9.17) is 11.6 Å². The van der Waals surface area contributed by atoms with Crippen molar-refractivity contribution in [1.29, 1.82) is 0 Å². The Morgan fingerprint density at radius 1 is 1.32 bits per heavy atom. The Kier molecular flexibility index (Phi) is 3.12. The third-order valence-corrected chi connectivity index (χ3v) is 5.02. The molecule has 0 aliphatic heterocycles. The fourth-order valence-electron chi connectivity index (χ4n) is 1.83. The van der Waals surface area contributed by atoms with Crippen LogP contribution in [0, 0.1) is 13.8 Å². The Labute approximate surface area is 121 Å². The summed E-state index contributed by atoms with van der Waals surface area (Å²) in [6.45, 7) is 4.29. The van der Waals surface area contributed by atoms with Crippen molar-refractivity contribution < 1.29 is 0 Å². The van der Waals surface area contributed by atoms with Gasteiger partial charge in [-0.2, -0.15) is 0 Å². The molecule has 0 saturated carbocycles. The fraction of sp³-hybridized carbons (Fsp3) is 0.273. The molecule has 98 valence electrons. The molecule has 0 bridgehead atoms. The van der Waals surface area contributed by atoms with Gasteiger partial charge >= 0.3 is 0 Å². The molecule has 0 amide bonds. The van der Waals surface area contributed by atoms with Gasteiger partial charge in [0.05, 0.1) is 18.3 Å². The van der Waals surface area contributed by atoms with E-state index >= 15 is 0 Å². The van der Waals surface area contributed by atoms with Gasteiger partial charge in [0, 0.05) is 4.88 Å². The van der Waals surface area contributed by atoms with Crippen molar-refractivity contribution in [3.05, 3.63) is 36.6 Å². The number of fused-ring (bicyclic) bond motifs is 1. The van der Waals surface area contributed by atoms with Gasteiger partial charge < -0.3 is 0 Å². The highest BCUT2D eigenvalue weighted by atomic mass is 35.5. The van der Waals surface area contributed by atoms with Crippen LogP contribution in [0.15, 0.2) is 11.1 Å². The monoisotopic (exact) mass is 312 g/mol. The number of nitrogens with zero attached hydrogens (tertiary/aromatic N) is 4. The second-order valence-corrected chi connectivity index (χ2v) is 6.94. The largest absolute Gasteiger partial charge is 0.292 e. The topological polar surface area (TPSA) is 60.7 Å². The predicted octanol–water partition coefficient (Wildman–Crippen LogP) is 2.63. The first-order valence-corrected chi connectivity index (χ1v) is 7.50. The number of aromatic nitrogens is 4. The maximum Gasteiger partial charge on any atom is 0.262 e. The van der Waals surface area contributed by atoms with Crippen LogP contribution in [-0.4, -0.2) is 19.7 Å². The Hall–Kier alpha value is -1.31. The van der Waals surface area contributed by atoms with E-state index < -0.39 is 0 Å². The zero-order valence-electron chi connectivity index (χ0n) is 10.2. The van der Waals surface area contributed by atoms with Crippen LogP contribution in [0.5, 0.6) is 0 Å². The van der Waals surface area contributed by atoms with E-state index in [9.17, 15) is 4.79 Å². The summed E-state index contributed by atoms with van der Waals surface area (Å²) in [6.07, 6.45) is 1.55. The number of aryl methyl sites for hydroxylation is 2. The maximum absolute atomic E-state index is 12.4. The molecule has 0 unspecified atom stereocenters. The van der Waals surface area contributed by atoms with Crippen LogP contribution in [-0.2, 0) is 6.54 Å². The minimum atomic E-state index is -0.0434. The first-order valence-electron chi connectivity index (χ1n) is 5.49. The van der Waals surface area contributed by atoms with E-state index in [1.165, 1.54) is 11.3 Å². The Balaban J connectivity index is 2.12. The first-order chi connectivity index (χ1) is 9.06. The number of halogens is 1. The second kappa shape index (κ2) is 4.66. The molecule has 19 heavy (non-hydrogen) atoms. The SMILES string of the molecule is Cc1sc2ncn(Cc3nnc(Cl)s3)c(=O)c2c1C. The molecule has 5 nitrogen and oxygen atoms in total. The molecular weight excluding hydrogens is 304 g/mol. The third-order valence-electron chi connectivity index (χ3n) is 2.90. The molecule has 0 aliphatic carbocycles. The van der Waals surface area contributed by atoms with Gasteiger partial charge in [-0.05, 0) is 31.0 Å². The highest BCUT2D eigenvalue weighted by Crippen LogP contribution is 2.25. The minimum absolute atomic E-state index is 0.0434. The Morgan fingerprint density at radius 2 is 2.11 bits per heavy atom. The van der Waals surface area contributed by atoms with Crippen molar-refractivity contribution in [1.82, 2.24) is 19.7 Å². The lowest BCUT2D eigenvalue weighted by Crippen LogP contribution is -2.21. The van der Waals surface area contributed by atoms with E-state index in [0.29, 0.717) is 21.4 Å². The Bertz CT molecular complexity index is 820. The van der Waals surface area contributed by atoms with Gasteiger partial charge in [-0.15, -0.1) is 21.5 Å². The zero-order valence-corrected chi connectivity index (χ0v) is 12.6. The maximum atomic E-state index is 12.4. The van der Waals surface area contributed by atoms with E-state index in [1.54, 1.807) is 22.2 Å². The zero-order chi connectivity index (χ0) is 13.6. The summed E-state index contributed by atoms with van der Waals surface area (Å²) in [5.74, 6) is 0. The van der Waals surface area contributed by atoms with E-state index in [1.807, 2.05) is 13.8 Å². The van der Waals surface area contributed by atoms with Crippen LogP contribution in [0.2, 0.25) is 4.47 Å². The van der Waals surface area contributed by atoms with Crippen molar-refractivity contribution in [3.63, 3.8) is 0 Å². The fourth-order valence-corrected chi connectivity index (χ4v) is 3.68. The molecule has 0 saturated heterocycles. The van der Waals surface area contributed by atoms with Crippen molar-refractivity contribution in [2.75, 3.05) is 0 Å². The molecule has 8 heteroatoms. The molecule has 3 aromatic rings. The summed E-state index contributed by atoms with van der Waals surface area (Å²) in [5, 5.41) is 9.03. The molecule has 3 heterocycles. The smallest absolute Gasteiger partial charge is 0.262 e. The number of thiophene rings is 1. The molecule has 0 spiro atoms. The summed E-state index contributed by atoms with van der Waals surface area (Å²) < 4.78 is 1.91. The van der Waals surface area contributed by atoms with Gasteiger partial charge in [0.25, 0.3) is 5.56 Å². The number of rotatable bonds is 2. The number of hydrogen-bond donors (Lipinski definition) is 0. The van der Waals surface area contributed by atoms with Crippen molar-refractivity contribution in [3.8, 4) is 0 Å². The normalized spacial score (nSPS) is 11.3. The van der Waals surface area contributed by atoms with Crippen molar-refractivity contribution in [2.24, 2.45) is 0 Å². The first kappa shape index (κ1) is 12.7. The molecule has 0 N–H and O–H groups in total. The molecule has 0 radical (unpaired) electrons. The molecule has 0 aromatic carbocycles. The van der Waals surface area contributed by atoms with Crippen LogP contribution >= 0.6 is 34.3 Å². The minimum Gasteiger partial charge on any atom is -0.292 e. The van der Waals surface area contributed by atoms with E-state index in [-0.39, 0.29) is 5.56 Å². The van der Waals surface area contributed by atoms with Gasteiger partial charge in [-0.1, -0.05) is 11.3 Å². The highest BCUT2D eigenvalue weighted by Gasteiger charge is 2.13. The molecular formula is C11H9ClN4OS2. The van der Waals surface area contributed by atoms with Gasteiger partial charge in [0.15, 0.2) is 0 Å². The Morgan fingerprint density at radius 3 is 2.79 bits per heavy atom. The summed E-state index contributed by atoms with van der Waals surface area (Å²) in [5.41, 5.74) is 0.959. The lowest BCUT2D eigenvalue weighted by Gasteiger charge is -2.02. The van der Waals surface area contributed by atoms with Gasteiger partial charge in [-0.25, -0.2) is 4.98 Å². The lowest BCUT2D eigenvalue weighted by atomic mass is 10.2. The average Bonchev–Trinajstić information content (AvgIpc) is 2.89. The summed E-state index contributed by atoms with van der Waals surface area (Å²) >= 11 is 8.54. The number of hydrogen-bond acceptors (Lipinski definition) is 6. The molecule has 3 aromatic heterocycles. The van der Waals surface area contributed by atoms with Gasteiger partial charge in [-0.3, -0.25) is 9.36 Å². The lowest BCUT2D eigenvalue weighted by molar-refractivity contribution is 0.734. The van der Waals surface area contributed by atoms with Gasteiger partial charge in [0.2, 0.25) is 4.47 Å². The summed E-state index contributed by atoms with van der Waals surface area (Å²) in [6, 6.07) is 0. The summed E-state index contributed by atoms with van der Waals surface area (Å²) in [4.78, 5) is 18.7.